The molecule has 1 aliphatic rings. The molecular formula is C7H16N2O4. The van der Waals surface area contributed by atoms with E-state index in [9.17, 15) is 5.11 Å². The van der Waals surface area contributed by atoms with Gasteiger partial charge in [-0.1, -0.05) is 0 Å². The first kappa shape index (κ1) is 10.8. The maximum absolute atomic E-state index is 9.48. The zero-order valence-electron chi connectivity index (χ0n) is 7.46. The predicted molar refractivity (Wildman–Crippen MR) is 44.7 cm³/mol. The van der Waals surface area contributed by atoms with E-state index in [0.717, 1.165) is 0 Å². The minimum absolute atomic E-state index is 0.304. The lowest BCUT2D eigenvalue weighted by Crippen LogP contribution is -2.65. The summed E-state index contributed by atoms with van der Waals surface area (Å²) in [6.45, 7) is -0.304. The first-order valence-electron chi connectivity index (χ1n) is 4.10. The zero-order valence-corrected chi connectivity index (χ0v) is 7.46. The van der Waals surface area contributed by atoms with Crippen molar-refractivity contribution in [1.29, 1.82) is 0 Å². The molecule has 0 bridgehead atoms. The highest BCUT2D eigenvalue weighted by Crippen LogP contribution is 2.18. The molecule has 1 fully saturated rings. The van der Waals surface area contributed by atoms with Crippen molar-refractivity contribution < 1.29 is 19.7 Å². The normalized spacial score (nSPS) is 46.4. The number of hydrogen-bond donors (Lipinski definition) is 4. The highest BCUT2D eigenvalue weighted by atomic mass is 16.7. The summed E-state index contributed by atoms with van der Waals surface area (Å²) in [6, 6.07) is -1.22. The van der Waals surface area contributed by atoms with Crippen LogP contribution in [0.1, 0.15) is 0 Å². The van der Waals surface area contributed by atoms with Crippen LogP contribution in [-0.4, -0.2) is 54.5 Å². The fraction of sp³-hybridized carbons (Fsp3) is 1.00. The lowest BCUT2D eigenvalue weighted by molar-refractivity contribution is -0.233. The molecule has 1 aliphatic heterocycles. The Hall–Kier alpha value is -0.240. The maximum atomic E-state index is 9.48. The molecule has 1 saturated heterocycles. The molecule has 0 aromatic rings. The molecule has 1 heterocycles. The molecule has 0 aromatic heterocycles. The van der Waals surface area contributed by atoms with Crippen LogP contribution < -0.4 is 11.5 Å². The number of aliphatic hydroxyl groups excluding tert-OH is 2. The number of nitrogens with two attached hydrogens (primary N) is 2. The van der Waals surface area contributed by atoms with Crippen molar-refractivity contribution in [2.45, 2.75) is 30.6 Å². The molecule has 0 spiro atoms. The Bertz CT molecular complexity index is 149. The van der Waals surface area contributed by atoms with Crippen molar-refractivity contribution in [2.75, 3.05) is 13.7 Å². The van der Waals surface area contributed by atoms with E-state index in [0.29, 0.717) is 0 Å². The summed E-state index contributed by atoms with van der Waals surface area (Å²) >= 11 is 0. The van der Waals surface area contributed by atoms with Crippen molar-refractivity contribution in [3.63, 3.8) is 0 Å². The van der Waals surface area contributed by atoms with Crippen LogP contribution in [-0.2, 0) is 9.47 Å². The highest BCUT2D eigenvalue weighted by Gasteiger charge is 2.41. The summed E-state index contributed by atoms with van der Waals surface area (Å²) in [7, 11) is 1.43. The van der Waals surface area contributed by atoms with Crippen molar-refractivity contribution in [3.05, 3.63) is 0 Å². The average molecular weight is 192 g/mol. The van der Waals surface area contributed by atoms with E-state index in [1.165, 1.54) is 7.11 Å². The molecule has 6 nitrogen and oxygen atoms in total. The third-order valence-corrected chi connectivity index (χ3v) is 2.26. The van der Waals surface area contributed by atoms with E-state index in [4.69, 9.17) is 26.0 Å². The summed E-state index contributed by atoms with van der Waals surface area (Å²) in [5.74, 6) is 0. The second-order valence-corrected chi connectivity index (χ2v) is 3.11. The fourth-order valence-electron chi connectivity index (χ4n) is 1.36. The second-order valence-electron chi connectivity index (χ2n) is 3.11. The van der Waals surface area contributed by atoms with E-state index in [1.807, 2.05) is 0 Å². The van der Waals surface area contributed by atoms with E-state index in [1.54, 1.807) is 0 Å². The third kappa shape index (κ3) is 1.98. The summed E-state index contributed by atoms with van der Waals surface area (Å²) in [5.41, 5.74) is 11.2. The van der Waals surface area contributed by atoms with Gasteiger partial charge in [-0.05, 0) is 0 Å². The van der Waals surface area contributed by atoms with Gasteiger partial charge < -0.3 is 31.2 Å². The molecule has 0 aromatic carbocycles. The van der Waals surface area contributed by atoms with Crippen molar-refractivity contribution in [1.82, 2.24) is 0 Å². The van der Waals surface area contributed by atoms with Crippen LogP contribution >= 0.6 is 0 Å². The van der Waals surface area contributed by atoms with Gasteiger partial charge in [0.2, 0.25) is 0 Å². The largest absolute Gasteiger partial charge is 0.394 e. The highest BCUT2D eigenvalue weighted by molar-refractivity contribution is 4.93. The van der Waals surface area contributed by atoms with Crippen LogP contribution in [0, 0.1) is 0 Å². The minimum atomic E-state index is -0.952. The predicted octanol–water partition coefficient (Wildman–Crippen LogP) is -2.63. The number of hydrogen-bond acceptors (Lipinski definition) is 6. The van der Waals surface area contributed by atoms with Crippen LogP contribution in [0.4, 0.5) is 0 Å². The van der Waals surface area contributed by atoms with Gasteiger partial charge in [-0.15, -0.1) is 0 Å². The maximum Gasteiger partial charge on any atom is 0.174 e. The Morgan fingerprint density at radius 1 is 1.38 bits per heavy atom. The standard InChI is InChI=1S/C7H16N2O4/c1-12-7-5(9)4(8)6(11)3(2-10)13-7/h3-7,10-11H,2,8-9H2,1H3/t3-,4+,5-,6-,7?/m1/s1. The molecule has 6 N–H and O–H groups in total. The summed E-state index contributed by atoms with van der Waals surface area (Å²) < 4.78 is 10.1. The average Bonchev–Trinajstić information content (AvgIpc) is 2.15. The van der Waals surface area contributed by atoms with Crippen LogP contribution in [0.3, 0.4) is 0 Å². The number of rotatable bonds is 2. The number of ether oxygens (including phenoxy) is 2. The van der Waals surface area contributed by atoms with Gasteiger partial charge >= 0.3 is 0 Å². The number of methoxy groups -OCH3 is 1. The van der Waals surface area contributed by atoms with Gasteiger partial charge in [0.25, 0.3) is 0 Å². The molecule has 6 heteroatoms. The Morgan fingerprint density at radius 2 is 2.00 bits per heavy atom. The summed E-state index contributed by atoms with van der Waals surface area (Å²) in [4.78, 5) is 0. The summed E-state index contributed by atoms with van der Waals surface area (Å²) in [5, 5.41) is 18.3. The molecule has 13 heavy (non-hydrogen) atoms. The smallest absolute Gasteiger partial charge is 0.174 e. The monoisotopic (exact) mass is 192 g/mol. The molecule has 0 radical (unpaired) electrons. The van der Waals surface area contributed by atoms with Gasteiger partial charge in [0, 0.05) is 7.11 Å². The van der Waals surface area contributed by atoms with Crippen molar-refractivity contribution in [3.8, 4) is 0 Å². The van der Waals surface area contributed by atoms with E-state index in [-0.39, 0.29) is 6.61 Å². The Balaban J connectivity index is 2.66. The van der Waals surface area contributed by atoms with Crippen molar-refractivity contribution in [2.24, 2.45) is 11.5 Å². The zero-order chi connectivity index (χ0) is 10.0. The topological polar surface area (TPSA) is 111 Å². The number of aliphatic hydroxyl groups is 2. The molecule has 1 unspecified atom stereocenters. The second kappa shape index (κ2) is 4.32. The van der Waals surface area contributed by atoms with Gasteiger partial charge in [0.15, 0.2) is 6.29 Å². The Kier molecular flexibility index (Phi) is 3.60. The van der Waals surface area contributed by atoms with Gasteiger partial charge in [-0.2, -0.15) is 0 Å². The molecule has 5 atom stereocenters. The van der Waals surface area contributed by atoms with E-state index >= 15 is 0 Å². The minimum Gasteiger partial charge on any atom is -0.394 e. The Morgan fingerprint density at radius 3 is 2.46 bits per heavy atom. The molecule has 0 amide bonds. The fourth-order valence-corrected chi connectivity index (χ4v) is 1.36. The first-order valence-corrected chi connectivity index (χ1v) is 4.10. The molecule has 78 valence electrons. The van der Waals surface area contributed by atoms with Crippen molar-refractivity contribution >= 4 is 0 Å². The lowest BCUT2D eigenvalue weighted by Gasteiger charge is -2.40. The first-order chi connectivity index (χ1) is 6.11. The lowest BCUT2D eigenvalue weighted by atomic mass is 9.96. The van der Waals surface area contributed by atoms with E-state index < -0.39 is 30.6 Å². The van der Waals surface area contributed by atoms with Gasteiger partial charge in [-0.25, -0.2) is 0 Å². The molecular weight excluding hydrogens is 176 g/mol. The SMILES string of the molecule is COC1O[C@H](CO)[C@@H](O)[C@@H](N)[C@H]1N. The van der Waals surface area contributed by atoms with Gasteiger partial charge in [0.1, 0.15) is 6.10 Å². The molecule has 1 rings (SSSR count). The van der Waals surface area contributed by atoms with Crippen LogP contribution in [0.5, 0.6) is 0 Å². The van der Waals surface area contributed by atoms with Crippen LogP contribution in [0.25, 0.3) is 0 Å². The molecule has 0 saturated carbocycles. The van der Waals surface area contributed by atoms with Gasteiger partial charge in [0.05, 0.1) is 24.8 Å². The van der Waals surface area contributed by atoms with E-state index in [2.05, 4.69) is 0 Å². The third-order valence-electron chi connectivity index (χ3n) is 2.26. The van der Waals surface area contributed by atoms with Crippen LogP contribution in [0.15, 0.2) is 0 Å². The quantitative estimate of drug-likeness (QED) is 0.381. The Labute approximate surface area is 76.4 Å². The van der Waals surface area contributed by atoms with Gasteiger partial charge in [-0.3, -0.25) is 0 Å². The summed E-state index contributed by atoms with van der Waals surface area (Å²) in [6.07, 6.45) is -2.35. The van der Waals surface area contributed by atoms with Crippen LogP contribution in [0.2, 0.25) is 0 Å². The molecule has 0 aliphatic carbocycles.